The van der Waals surface area contributed by atoms with E-state index in [4.69, 9.17) is 25.8 Å². The van der Waals surface area contributed by atoms with Crippen molar-refractivity contribution >= 4 is 40.1 Å². The van der Waals surface area contributed by atoms with E-state index in [2.05, 4.69) is 15.6 Å². The molecule has 346 valence electrons. The van der Waals surface area contributed by atoms with Gasteiger partial charge in [-0.15, -0.1) is 0 Å². The number of aliphatic hydroxyl groups is 5. The van der Waals surface area contributed by atoms with Gasteiger partial charge in [0.15, 0.2) is 6.29 Å². The average molecular weight is 881 g/mol. The number of hydrogen-bond donors (Lipinski definition) is 7. The first-order valence-electron chi connectivity index (χ1n) is 22.0. The number of ether oxygens (including phenoxy) is 3. The van der Waals surface area contributed by atoms with E-state index in [1.165, 1.54) is 13.8 Å². The first-order chi connectivity index (χ1) is 28.6. The molecule has 0 spiro atoms. The maximum Gasteiger partial charge on any atom is 0.311 e. The predicted octanol–water partition coefficient (Wildman–Crippen LogP) is 3.95. The quantitative estimate of drug-likeness (QED) is 0.113. The number of rotatable bonds is 13. The number of hydrogen-bond acceptors (Lipinski definition) is 14. The monoisotopic (exact) mass is 880 g/mol. The Kier molecular flexibility index (Phi) is 18.6. The topological polar surface area (TPSA) is 206 Å². The van der Waals surface area contributed by atoms with Gasteiger partial charge in [-0.25, -0.2) is 0 Å². The summed E-state index contributed by atoms with van der Waals surface area (Å²) in [5.74, 6) is -2.91. The molecule has 0 radical (unpaired) electrons. The Morgan fingerprint density at radius 3 is 2.46 bits per heavy atom. The number of pyridine rings is 1. The molecule has 16 heteroatoms. The van der Waals surface area contributed by atoms with Crippen LogP contribution in [0.3, 0.4) is 0 Å². The lowest BCUT2D eigenvalue weighted by Gasteiger charge is -2.47. The Bertz CT molecular complexity index is 1720. The largest absolute Gasteiger partial charge is 0.459 e. The number of halogens is 1. The fourth-order valence-corrected chi connectivity index (χ4v) is 9.39. The molecule has 1 aromatic carbocycles. The molecular weight excluding hydrogens is 806 g/mol. The highest BCUT2D eigenvalue weighted by atomic mass is 35.5. The van der Waals surface area contributed by atoms with Gasteiger partial charge in [0, 0.05) is 66.3 Å². The number of fused-ring (bicyclic) bond motifs is 1. The Labute approximate surface area is 367 Å². The highest BCUT2D eigenvalue weighted by Crippen LogP contribution is 2.37. The summed E-state index contributed by atoms with van der Waals surface area (Å²) in [5, 5.41) is 66.5. The molecular formula is C45H74ClN5O10. The molecule has 3 heterocycles. The van der Waals surface area contributed by atoms with Gasteiger partial charge in [0.2, 0.25) is 5.91 Å². The van der Waals surface area contributed by atoms with Crippen molar-refractivity contribution in [3.63, 3.8) is 0 Å². The SMILES string of the molecule is CC[C@H]1OC(=O)[C@H](C)[C@@H](O)[C@H](C)[C@@H](O[C@@H]2O[C@H](C)C[C@H](N(C)CCCNC(=O)CCCNc3ccnc4cc(Cl)ccc34)[C@H]2O)[C@](C)(O)C[C@@H](C)CN(C)[C@H](C)[C@@H](O)[C@]1(C)O. The van der Waals surface area contributed by atoms with Crippen LogP contribution in [0.15, 0.2) is 30.5 Å². The third-order valence-corrected chi connectivity index (χ3v) is 13.2. The molecule has 14 atom stereocenters. The molecule has 2 aliphatic heterocycles. The summed E-state index contributed by atoms with van der Waals surface area (Å²) >= 11 is 6.11. The van der Waals surface area contributed by atoms with E-state index in [0.717, 1.165) is 16.6 Å². The van der Waals surface area contributed by atoms with Crippen molar-refractivity contribution in [2.45, 2.75) is 160 Å². The zero-order valence-corrected chi connectivity index (χ0v) is 38.6. The molecule has 7 N–H and O–H groups in total. The van der Waals surface area contributed by atoms with Gasteiger partial charge in [0.05, 0.1) is 35.3 Å². The Morgan fingerprint density at radius 2 is 1.77 bits per heavy atom. The van der Waals surface area contributed by atoms with Gasteiger partial charge in [-0.2, -0.15) is 0 Å². The molecule has 2 fully saturated rings. The molecule has 2 aromatic rings. The summed E-state index contributed by atoms with van der Waals surface area (Å²) in [4.78, 5) is 34.5. The highest BCUT2D eigenvalue weighted by Gasteiger charge is 2.50. The zero-order chi connectivity index (χ0) is 45.4. The molecule has 0 aliphatic carbocycles. The summed E-state index contributed by atoms with van der Waals surface area (Å²) in [6.45, 7) is 15.8. The van der Waals surface area contributed by atoms with Gasteiger partial charge in [0.25, 0.3) is 0 Å². The van der Waals surface area contributed by atoms with Gasteiger partial charge in [-0.1, -0.05) is 32.4 Å². The number of likely N-dealkylation sites (N-methyl/N-ethyl adjacent to an activating group) is 2. The Hall–Kier alpha value is -2.70. The second-order valence-electron chi connectivity index (χ2n) is 18.4. The van der Waals surface area contributed by atoms with Crippen LogP contribution in [0.25, 0.3) is 10.9 Å². The van der Waals surface area contributed by atoms with Crippen LogP contribution in [0.2, 0.25) is 5.02 Å². The van der Waals surface area contributed by atoms with Crippen LogP contribution in [0.5, 0.6) is 0 Å². The number of anilines is 1. The predicted molar refractivity (Wildman–Crippen MR) is 236 cm³/mol. The van der Waals surface area contributed by atoms with Crippen LogP contribution in [0.1, 0.15) is 93.9 Å². The van der Waals surface area contributed by atoms with E-state index >= 15 is 0 Å². The molecule has 0 saturated carbocycles. The maximum atomic E-state index is 13.5. The molecule has 4 rings (SSSR count). The number of esters is 1. The first kappa shape index (κ1) is 50.9. The smallest absolute Gasteiger partial charge is 0.311 e. The van der Waals surface area contributed by atoms with Crippen molar-refractivity contribution < 1.29 is 49.3 Å². The Morgan fingerprint density at radius 1 is 1.07 bits per heavy atom. The summed E-state index contributed by atoms with van der Waals surface area (Å²) in [6, 6.07) is 6.55. The number of aromatic nitrogens is 1. The van der Waals surface area contributed by atoms with Crippen molar-refractivity contribution in [2.24, 2.45) is 17.8 Å². The summed E-state index contributed by atoms with van der Waals surface area (Å²) < 4.78 is 18.6. The minimum atomic E-state index is -1.79. The van der Waals surface area contributed by atoms with Gasteiger partial charge >= 0.3 is 5.97 Å². The van der Waals surface area contributed by atoms with E-state index in [1.54, 1.807) is 33.9 Å². The number of cyclic esters (lactones) is 1. The zero-order valence-electron chi connectivity index (χ0n) is 37.9. The fraction of sp³-hybridized carbons (Fsp3) is 0.756. The molecule has 61 heavy (non-hydrogen) atoms. The van der Waals surface area contributed by atoms with Gasteiger partial charge < -0.3 is 60.2 Å². The van der Waals surface area contributed by atoms with Crippen molar-refractivity contribution in [3.05, 3.63) is 35.5 Å². The van der Waals surface area contributed by atoms with Crippen LogP contribution in [-0.2, 0) is 23.8 Å². The number of nitrogens with zero attached hydrogens (tertiary/aromatic N) is 3. The minimum Gasteiger partial charge on any atom is -0.459 e. The number of nitrogens with one attached hydrogen (secondary N) is 2. The van der Waals surface area contributed by atoms with E-state index in [9.17, 15) is 35.1 Å². The molecule has 1 amide bonds. The van der Waals surface area contributed by atoms with E-state index in [1.807, 2.05) is 62.0 Å². The Balaban J connectivity index is 1.38. The van der Waals surface area contributed by atoms with Crippen molar-refractivity contribution in [1.29, 1.82) is 0 Å². The molecule has 2 aliphatic rings. The summed E-state index contributed by atoms with van der Waals surface area (Å²) in [6.07, 6.45) is -3.10. The van der Waals surface area contributed by atoms with E-state index < -0.39 is 71.9 Å². The number of aliphatic hydroxyl groups excluding tert-OH is 3. The molecule has 15 nitrogen and oxygen atoms in total. The highest BCUT2D eigenvalue weighted by molar-refractivity contribution is 6.31. The van der Waals surface area contributed by atoms with Crippen LogP contribution >= 0.6 is 11.6 Å². The van der Waals surface area contributed by atoms with E-state index in [-0.39, 0.29) is 36.8 Å². The summed E-state index contributed by atoms with van der Waals surface area (Å²) in [5.41, 5.74) is -1.63. The molecule has 0 bridgehead atoms. The summed E-state index contributed by atoms with van der Waals surface area (Å²) in [7, 11) is 3.73. The van der Waals surface area contributed by atoms with Crippen LogP contribution in [0.4, 0.5) is 5.69 Å². The van der Waals surface area contributed by atoms with Crippen molar-refractivity contribution in [2.75, 3.05) is 45.6 Å². The number of carbonyl (C=O) groups is 2. The normalized spacial score (nSPS) is 36.2. The lowest BCUT2D eigenvalue weighted by Crippen LogP contribution is -2.59. The van der Waals surface area contributed by atoms with Crippen LogP contribution in [-0.4, -0.2) is 159 Å². The standard InChI is InChI=1S/C45H74ClN5O10/c1-11-36-45(8,58)40(55)30(6)51(10)25-26(2)24-44(7,57)41(28(4)38(53)29(5)42(56)60-36)61-43-39(54)35(22-27(3)59-43)50(9)21-13-19-49-37(52)14-12-18-47-33-17-20-48-34-23-31(46)15-16-32(33)34/h15-17,20,23,26-30,35-36,38-41,43,53-55,57-58H,11-14,18-19,21-22,24-25H2,1-10H3,(H,47,48)(H,49,52)/t26-,27-,28+,29-,30-,35+,36-,38+,39-,40-,41-,43+,44-,45-/m1/s1. The maximum absolute atomic E-state index is 13.5. The van der Waals surface area contributed by atoms with Crippen molar-refractivity contribution in [3.8, 4) is 0 Å². The third-order valence-electron chi connectivity index (χ3n) is 13.0. The third kappa shape index (κ3) is 13.2. The van der Waals surface area contributed by atoms with Gasteiger partial charge in [-0.05, 0) is 118 Å². The average Bonchev–Trinajstić information content (AvgIpc) is 3.20. The number of benzene rings is 1. The second-order valence-corrected chi connectivity index (χ2v) is 18.8. The lowest BCUT2D eigenvalue weighted by atomic mass is 9.78. The number of carbonyl (C=O) groups excluding carboxylic acids is 2. The van der Waals surface area contributed by atoms with Crippen molar-refractivity contribution in [1.82, 2.24) is 20.1 Å². The second kappa shape index (κ2) is 22.3. The minimum absolute atomic E-state index is 0.0427. The number of amides is 1. The lowest BCUT2D eigenvalue weighted by molar-refractivity contribution is -0.299. The van der Waals surface area contributed by atoms with Gasteiger partial charge in [-0.3, -0.25) is 14.6 Å². The first-order valence-corrected chi connectivity index (χ1v) is 22.4. The van der Waals surface area contributed by atoms with E-state index in [0.29, 0.717) is 56.9 Å². The van der Waals surface area contributed by atoms with Crippen LogP contribution < -0.4 is 10.6 Å². The molecule has 1 aromatic heterocycles. The molecule has 0 unspecified atom stereocenters. The van der Waals surface area contributed by atoms with Gasteiger partial charge in [0.1, 0.15) is 23.9 Å². The fourth-order valence-electron chi connectivity index (χ4n) is 9.22. The van der Waals surface area contributed by atoms with Crippen LogP contribution in [0, 0.1) is 17.8 Å². The molecule has 2 saturated heterocycles.